The third kappa shape index (κ3) is 3.21. The molecule has 2 aliphatic heterocycles. The van der Waals surface area contributed by atoms with Crippen LogP contribution in [0.15, 0.2) is 0 Å². The molecule has 0 aromatic carbocycles. The van der Waals surface area contributed by atoms with E-state index >= 15 is 0 Å². The summed E-state index contributed by atoms with van der Waals surface area (Å²) >= 11 is 0. The van der Waals surface area contributed by atoms with E-state index in [0.717, 1.165) is 17.9 Å². The fourth-order valence-corrected chi connectivity index (χ4v) is 3.46. The van der Waals surface area contributed by atoms with Crippen LogP contribution in [0.3, 0.4) is 0 Å². The predicted octanol–water partition coefficient (Wildman–Crippen LogP) is 1.26. The molecule has 3 nitrogen and oxygen atoms in total. The van der Waals surface area contributed by atoms with Gasteiger partial charge >= 0.3 is 0 Å². The van der Waals surface area contributed by atoms with Gasteiger partial charge in [0.25, 0.3) is 0 Å². The minimum atomic E-state index is 0.815. The SMILES string of the molecule is CCN(CC)C1CCN(C[C@@H]2CNC[C@H]2C)C1. The van der Waals surface area contributed by atoms with Crippen molar-refractivity contribution in [2.24, 2.45) is 11.8 Å². The number of rotatable bonds is 5. The molecular formula is C14H29N3. The molecule has 2 aliphatic rings. The van der Waals surface area contributed by atoms with Gasteiger partial charge in [-0.15, -0.1) is 0 Å². The van der Waals surface area contributed by atoms with E-state index in [1.165, 1.54) is 52.2 Å². The first-order valence-corrected chi connectivity index (χ1v) is 7.41. The lowest BCUT2D eigenvalue weighted by Crippen LogP contribution is -2.38. The first-order valence-electron chi connectivity index (χ1n) is 7.41. The summed E-state index contributed by atoms with van der Waals surface area (Å²) < 4.78 is 0. The summed E-state index contributed by atoms with van der Waals surface area (Å²) in [5.74, 6) is 1.74. The minimum Gasteiger partial charge on any atom is -0.316 e. The van der Waals surface area contributed by atoms with Crippen LogP contribution >= 0.6 is 0 Å². The summed E-state index contributed by atoms with van der Waals surface area (Å²) in [5, 5.41) is 3.52. The van der Waals surface area contributed by atoms with E-state index < -0.39 is 0 Å². The maximum absolute atomic E-state index is 3.52. The van der Waals surface area contributed by atoms with Crippen LogP contribution in [0.2, 0.25) is 0 Å². The Hall–Kier alpha value is -0.120. The van der Waals surface area contributed by atoms with Crippen molar-refractivity contribution in [1.29, 1.82) is 0 Å². The van der Waals surface area contributed by atoms with Gasteiger partial charge in [-0.25, -0.2) is 0 Å². The maximum atomic E-state index is 3.52. The highest BCUT2D eigenvalue weighted by Gasteiger charge is 2.30. The van der Waals surface area contributed by atoms with E-state index in [4.69, 9.17) is 0 Å². The van der Waals surface area contributed by atoms with Crippen LogP contribution in [0, 0.1) is 11.8 Å². The van der Waals surface area contributed by atoms with Crippen LogP contribution in [-0.2, 0) is 0 Å². The summed E-state index contributed by atoms with van der Waals surface area (Å²) in [4.78, 5) is 5.31. The summed E-state index contributed by atoms with van der Waals surface area (Å²) in [5.41, 5.74) is 0. The second kappa shape index (κ2) is 6.17. The molecule has 2 rings (SSSR count). The Balaban J connectivity index is 1.77. The highest BCUT2D eigenvalue weighted by Crippen LogP contribution is 2.21. The molecule has 1 N–H and O–H groups in total. The lowest BCUT2D eigenvalue weighted by Gasteiger charge is -2.27. The van der Waals surface area contributed by atoms with Crippen LogP contribution in [0.4, 0.5) is 0 Å². The third-order valence-corrected chi connectivity index (χ3v) is 4.75. The molecule has 0 spiro atoms. The van der Waals surface area contributed by atoms with Crippen molar-refractivity contribution in [3.8, 4) is 0 Å². The standard InChI is InChI=1S/C14H29N3/c1-4-17(5-2)14-6-7-16(11-14)10-13-9-15-8-12(13)3/h12-15H,4-11H2,1-3H3/t12-,13+,14?/m1/s1. The van der Waals surface area contributed by atoms with Crippen LogP contribution in [0.5, 0.6) is 0 Å². The molecule has 0 aliphatic carbocycles. The van der Waals surface area contributed by atoms with E-state index in [1.807, 2.05) is 0 Å². The van der Waals surface area contributed by atoms with Crippen molar-refractivity contribution in [2.75, 3.05) is 45.8 Å². The highest BCUT2D eigenvalue weighted by molar-refractivity contribution is 4.87. The molecule has 0 saturated carbocycles. The number of nitrogens with one attached hydrogen (secondary N) is 1. The zero-order valence-corrected chi connectivity index (χ0v) is 11.8. The zero-order valence-electron chi connectivity index (χ0n) is 11.8. The van der Waals surface area contributed by atoms with Crippen LogP contribution < -0.4 is 5.32 Å². The van der Waals surface area contributed by atoms with Gasteiger partial charge in [-0.05, 0) is 51.0 Å². The third-order valence-electron chi connectivity index (χ3n) is 4.75. The van der Waals surface area contributed by atoms with Crippen molar-refractivity contribution in [3.05, 3.63) is 0 Å². The molecule has 3 heteroatoms. The quantitative estimate of drug-likeness (QED) is 0.779. The molecule has 100 valence electrons. The number of likely N-dealkylation sites (N-methyl/N-ethyl adjacent to an activating group) is 1. The van der Waals surface area contributed by atoms with Crippen molar-refractivity contribution >= 4 is 0 Å². The maximum Gasteiger partial charge on any atom is 0.0235 e. The fraction of sp³-hybridized carbons (Fsp3) is 1.00. The van der Waals surface area contributed by atoms with Gasteiger partial charge in [-0.3, -0.25) is 4.90 Å². The number of nitrogens with zero attached hydrogens (tertiary/aromatic N) is 2. The molecule has 0 aromatic heterocycles. The second-order valence-corrected chi connectivity index (χ2v) is 5.82. The molecule has 0 amide bonds. The van der Waals surface area contributed by atoms with E-state index in [0.29, 0.717) is 0 Å². The van der Waals surface area contributed by atoms with E-state index in [9.17, 15) is 0 Å². The molecule has 2 fully saturated rings. The number of hydrogen-bond acceptors (Lipinski definition) is 3. The minimum absolute atomic E-state index is 0.815. The average Bonchev–Trinajstić information content (AvgIpc) is 2.92. The van der Waals surface area contributed by atoms with Crippen molar-refractivity contribution in [3.63, 3.8) is 0 Å². The van der Waals surface area contributed by atoms with E-state index in [1.54, 1.807) is 0 Å². The van der Waals surface area contributed by atoms with Crippen LogP contribution in [-0.4, -0.2) is 61.7 Å². The van der Waals surface area contributed by atoms with E-state index in [2.05, 4.69) is 35.9 Å². The lowest BCUT2D eigenvalue weighted by molar-refractivity contribution is 0.198. The Kier molecular flexibility index (Phi) is 4.83. The molecular weight excluding hydrogens is 210 g/mol. The van der Waals surface area contributed by atoms with Crippen molar-refractivity contribution < 1.29 is 0 Å². The Morgan fingerprint density at radius 3 is 2.59 bits per heavy atom. The molecule has 2 heterocycles. The number of likely N-dealkylation sites (tertiary alicyclic amines) is 1. The molecule has 3 atom stereocenters. The predicted molar refractivity (Wildman–Crippen MR) is 73.3 cm³/mol. The van der Waals surface area contributed by atoms with Gasteiger partial charge in [0.15, 0.2) is 0 Å². The normalized spacial score (nSPS) is 34.9. The van der Waals surface area contributed by atoms with Gasteiger partial charge in [0.05, 0.1) is 0 Å². The molecule has 0 bridgehead atoms. The van der Waals surface area contributed by atoms with Gasteiger partial charge in [0.2, 0.25) is 0 Å². The highest BCUT2D eigenvalue weighted by atomic mass is 15.2. The summed E-state index contributed by atoms with van der Waals surface area (Å²) in [6, 6.07) is 0.815. The zero-order chi connectivity index (χ0) is 12.3. The topological polar surface area (TPSA) is 18.5 Å². The first-order chi connectivity index (χ1) is 8.24. The van der Waals surface area contributed by atoms with Gasteiger partial charge in [-0.2, -0.15) is 0 Å². The van der Waals surface area contributed by atoms with Gasteiger partial charge in [-0.1, -0.05) is 20.8 Å². The Morgan fingerprint density at radius 1 is 1.24 bits per heavy atom. The van der Waals surface area contributed by atoms with Crippen molar-refractivity contribution in [1.82, 2.24) is 15.1 Å². The first kappa shape index (κ1) is 13.3. The lowest BCUT2D eigenvalue weighted by atomic mass is 9.98. The number of hydrogen-bond donors (Lipinski definition) is 1. The van der Waals surface area contributed by atoms with Crippen LogP contribution in [0.25, 0.3) is 0 Å². The molecule has 17 heavy (non-hydrogen) atoms. The largest absolute Gasteiger partial charge is 0.316 e. The Bertz CT molecular complexity index is 228. The second-order valence-electron chi connectivity index (χ2n) is 5.82. The summed E-state index contributed by atoms with van der Waals surface area (Å²) in [6.07, 6.45) is 1.37. The van der Waals surface area contributed by atoms with E-state index in [-0.39, 0.29) is 0 Å². The molecule has 1 unspecified atom stereocenters. The van der Waals surface area contributed by atoms with Gasteiger partial charge < -0.3 is 10.2 Å². The summed E-state index contributed by atoms with van der Waals surface area (Å²) in [6.45, 7) is 15.7. The smallest absolute Gasteiger partial charge is 0.0235 e. The van der Waals surface area contributed by atoms with Crippen LogP contribution in [0.1, 0.15) is 27.2 Å². The Labute approximate surface area is 107 Å². The Morgan fingerprint density at radius 2 is 2.00 bits per heavy atom. The molecule has 0 radical (unpaired) electrons. The van der Waals surface area contributed by atoms with Gasteiger partial charge in [0.1, 0.15) is 0 Å². The molecule has 2 saturated heterocycles. The molecule has 0 aromatic rings. The van der Waals surface area contributed by atoms with Crippen molar-refractivity contribution in [2.45, 2.75) is 33.2 Å². The fourth-order valence-electron chi connectivity index (χ4n) is 3.46. The van der Waals surface area contributed by atoms with Gasteiger partial charge in [0, 0.05) is 19.1 Å². The monoisotopic (exact) mass is 239 g/mol. The summed E-state index contributed by atoms with van der Waals surface area (Å²) in [7, 11) is 0. The average molecular weight is 239 g/mol.